The predicted octanol–water partition coefficient (Wildman–Crippen LogP) is 5.94. The van der Waals surface area contributed by atoms with Gasteiger partial charge >= 0.3 is 6.03 Å². The molecule has 1 aromatic heterocycles. The summed E-state index contributed by atoms with van der Waals surface area (Å²) in [6, 6.07) is 23.2. The van der Waals surface area contributed by atoms with Crippen molar-refractivity contribution in [1.29, 1.82) is 0 Å². The Hall–Kier alpha value is -2.92. The van der Waals surface area contributed by atoms with Crippen molar-refractivity contribution in [2.45, 2.75) is 19.3 Å². The van der Waals surface area contributed by atoms with Crippen LogP contribution in [0.5, 0.6) is 0 Å². The summed E-state index contributed by atoms with van der Waals surface area (Å²) >= 11 is 1.52. The van der Waals surface area contributed by atoms with Crippen molar-refractivity contribution in [2.75, 3.05) is 18.4 Å². The molecule has 0 bridgehead atoms. The minimum atomic E-state index is -0.0341. The van der Waals surface area contributed by atoms with Crippen molar-refractivity contribution in [1.82, 2.24) is 9.88 Å². The Bertz CT molecular complexity index is 1130. The zero-order chi connectivity index (χ0) is 19.6. The van der Waals surface area contributed by atoms with Gasteiger partial charge in [0.05, 0.1) is 10.2 Å². The lowest BCUT2D eigenvalue weighted by molar-refractivity contribution is 0.182. The number of urea groups is 1. The second-order valence-corrected chi connectivity index (χ2v) is 8.76. The number of hydrogen-bond acceptors (Lipinski definition) is 3. The summed E-state index contributed by atoms with van der Waals surface area (Å²) in [4.78, 5) is 19.1. The number of benzene rings is 3. The summed E-state index contributed by atoms with van der Waals surface area (Å²) in [6.07, 6.45) is 3.17. The number of amides is 2. The van der Waals surface area contributed by atoms with E-state index in [0.717, 1.165) is 42.6 Å². The lowest BCUT2D eigenvalue weighted by atomic mass is 9.89. The number of nitrogens with one attached hydrogen (secondary N) is 1. The highest BCUT2D eigenvalue weighted by Gasteiger charge is 2.23. The standard InChI is InChI=1S/C24H23N3OS/c28-24(26-23-25-21-7-3-4-8-22(21)29-23)27-13-11-17(12-14-27)15-18-9-10-19-5-1-2-6-20(19)16-18/h1-10,16-17H,11-15H2,(H,25,26,28). The number of carbonyl (C=O) groups excluding carboxylic acids is 1. The topological polar surface area (TPSA) is 45.2 Å². The van der Waals surface area contributed by atoms with Crippen molar-refractivity contribution in [3.63, 3.8) is 0 Å². The van der Waals surface area contributed by atoms with Crippen LogP contribution in [0.3, 0.4) is 0 Å². The van der Waals surface area contributed by atoms with E-state index in [1.165, 1.54) is 27.7 Å². The van der Waals surface area contributed by atoms with Gasteiger partial charge < -0.3 is 4.90 Å². The van der Waals surface area contributed by atoms with E-state index in [4.69, 9.17) is 0 Å². The summed E-state index contributed by atoms with van der Waals surface area (Å²) in [5, 5.41) is 6.25. The number of carbonyl (C=O) groups is 1. The Balaban J connectivity index is 1.17. The molecule has 146 valence electrons. The Labute approximate surface area is 174 Å². The summed E-state index contributed by atoms with van der Waals surface area (Å²) in [5.41, 5.74) is 2.32. The number of hydrogen-bond donors (Lipinski definition) is 1. The average Bonchev–Trinajstić information content (AvgIpc) is 3.16. The molecule has 0 radical (unpaired) electrons. The van der Waals surface area contributed by atoms with E-state index in [1.54, 1.807) is 0 Å². The molecule has 2 heterocycles. The molecule has 0 unspecified atom stereocenters. The van der Waals surface area contributed by atoms with Gasteiger partial charge in [-0.1, -0.05) is 65.9 Å². The molecular weight excluding hydrogens is 378 g/mol. The molecule has 0 atom stereocenters. The van der Waals surface area contributed by atoms with Crippen molar-refractivity contribution < 1.29 is 4.79 Å². The molecule has 4 nitrogen and oxygen atoms in total. The van der Waals surface area contributed by atoms with E-state index >= 15 is 0 Å². The summed E-state index contributed by atoms with van der Waals surface area (Å²) < 4.78 is 1.09. The fraction of sp³-hybridized carbons (Fsp3) is 0.250. The summed E-state index contributed by atoms with van der Waals surface area (Å²) in [5.74, 6) is 0.627. The molecule has 2 amide bonds. The smallest absolute Gasteiger partial charge is 0.323 e. The highest BCUT2D eigenvalue weighted by atomic mass is 32.1. The second kappa shape index (κ2) is 7.84. The van der Waals surface area contributed by atoms with Gasteiger partial charge in [0, 0.05) is 13.1 Å². The molecular formula is C24H23N3OS. The van der Waals surface area contributed by atoms with Crippen molar-refractivity contribution in [2.24, 2.45) is 5.92 Å². The number of rotatable bonds is 3. The molecule has 1 aliphatic heterocycles. The van der Waals surface area contributed by atoms with E-state index in [2.05, 4.69) is 52.8 Å². The molecule has 29 heavy (non-hydrogen) atoms. The third-order valence-corrected chi connectivity index (χ3v) is 6.70. The maximum Gasteiger partial charge on any atom is 0.323 e. The van der Waals surface area contributed by atoms with Crippen LogP contribution >= 0.6 is 11.3 Å². The van der Waals surface area contributed by atoms with E-state index in [1.807, 2.05) is 29.2 Å². The fourth-order valence-electron chi connectivity index (χ4n) is 4.14. The molecule has 1 fully saturated rings. The van der Waals surface area contributed by atoms with Crippen molar-refractivity contribution in [3.8, 4) is 0 Å². The third kappa shape index (κ3) is 3.96. The minimum Gasteiger partial charge on any atom is -0.324 e. The van der Waals surface area contributed by atoms with Gasteiger partial charge in [-0.25, -0.2) is 9.78 Å². The van der Waals surface area contributed by atoms with Gasteiger partial charge in [0.25, 0.3) is 0 Å². The molecule has 1 saturated heterocycles. The highest BCUT2D eigenvalue weighted by molar-refractivity contribution is 7.22. The molecule has 5 rings (SSSR count). The molecule has 1 N–H and O–H groups in total. The van der Waals surface area contributed by atoms with Crippen LogP contribution in [0.1, 0.15) is 18.4 Å². The number of para-hydroxylation sites is 1. The Kier molecular flexibility index (Phi) is 4.90. The first-order valence-corrected chi connectivity index (χ1v) is 11.0. The van der Waals surface area contributed by atoms with Gasteiger partial charge in [-0.05, 0) is 53.6 Å². The van der Waals surface area contributed by atoms with Gasteiger partial charge in [-0.2, -0.15) is 0 Å². The quantitative estimate of drug-likeness (QED) is 0.462. The van der Waals surface area contributed by atoms with Crippen LogP contribution in [-0.4, -0.2) is 29.0 Å². The monoisotopic (exact) mass is 401 g/mol. The maximum absolute atomic E-state index is 12.6. The van der Waals surface area contributed by atoms with Crippen LogP contribution in [-0.2, 0) is 6.42 Å². The first-order chi connectivity index (χ1) is 14.2. The van der Waals surface area contributed by atoms with Crippen LogP contribution in [0, 0.1) is 5.92 Å². The first kappa shape index (κ1) is 18.1. The Morgan fingerprint density at radius 1 is 1.00 bits per heavy atom. The lowest BCUT2D eigenvalue weighted by Crippen LogP contribution is -2.41. The maximum atomic E-state index is 12.6. The fourth-order valence-corrected chi connectivity index (χ4v) is 4.99. The number of anilines is 1. The van der Waals surface area contributed by atoms with Crippen LogP contribution in [0.4, 0.5) is 9.93 Å². The van der Waals surface area contributed by atoms with Crippen LogP contribution < -0.4 is 5.32 Å². The molecule has 3 aromatic carbocycles. The number of thiazole rings is 1. The van der Waals surface area contributed by atoms with Gasteiger partial charge in [0.2, 0.25) is 0 Å². The molecule has 0 spiro atoms. The number of fused-ring (bicyclic) bond motifs is 2. The third-order valence-electron chi connectivity index (χ3n) is 5.75. The number of aromatic nitrogens is 1. The Morgan fingerprint density at radius 3 is 2.59 bits per heavy atom. The second-order valence-electron chi connectivity index (χ2n) is 7.73. The zero-order valence-corrected chi connectivity index (χ0v) is 17.0. The predicted molar refractivity (Wildman–Crippen MR) is 121 cm³/mol. The van der Waals surface area contributed by atoms with Gasteiger partial charge in [-0.3, -0.25) is 5.32 Å². The van der Waals surface area contributed by atoms with Crippen molar-refractivity contribution >= 4 is 43.5 Å². The van der Waals surface area contributed by atoms with E-state index < -0.39 is 0 Å². The molecule has 0 saturated carbocycles. The number of likely N-dealkylation sites (tertiary alicyclic amines) is 1. The van der Waals surface area contributed by atoms with Crippen molar-refractivity contribution in [3.05, 3.63) is 72.3 Å². The molecule has 5 heteroatoms. The molecule has 1 aliphatic rings. The summed E-state index contributed by atoms with van der Waals surface area (Å²) in [7, 11) is 0. The number of piperidine rings is 1. The Morgan fingerprint density at radius 2 is 1.76 bits per heavy atom. The van der Waals surface area contributed by atoms with Crippen LogP contribution in [0.2, 0.25) is 0 Å². The largest absolute Gasteiger partial charge is 0.324 e. The van der Waals surface area contributed by atoms with E-state index in [-0.39, 0.29) is 6.03 Å². The lowest BCUT2D eigenvalue weighted by Gasteiger charge is -2.31. The van der Waals surface area contributed by atoms with Gasteiger partial charge in [-0.15, -0.1) is 0 Å². The SMILES string of the molecule is O=C(Nc1nc2ccccc2s1)N1CCC(Cc2ccc3ccccc3c2)CC1. The number of nitrogens with zero attached hydrogens (tertiary/aromatic N) is 2. The first-order valence-electron chi connectivity index (χ1n) is 10.1. The van der Waals surface area contributed by atoms with Crippen LogP contribution in [0.15, 0.2) is 66.7 Å². The van der Waals surface area contributed by atoms with Gasteiger partial charge in [0.15, 0.2) is 5.13 Å². The molecule has 4 aromatic rings. The molecule has 0 aliphatic carbocycles. The zero-order valence-electron chi connectivity index (χ0n) is 16.2. The highest BCUT2D eigenvalue weighted by Crippen LogP contribution is 2.27. The average molecular weight is 402 g/mol. The van der Waals surface area contributed by atoms with E-state index in [9.17, 15) is 4.79 Å². The minimum absolute atomic E-state index is 0.0341. The van der Waals surface area contributed by atoms with Gasteiger partial charge in [0.1, 0.15) is 0 Å². The van der Waals surface area contributed by atoms with E-state index in [0.29, 0.717) is 11.0 Å². The normalized spacial score (nSPS) is 15.1. The summed E-state index contributed by atoms with van der Waals surface area (Å²) in [6.45, 7) is 1.60. The van der Waals surface area contributed by atoms with Crippen LogP contribution in [0.25, 0.3) is 21.0 Å².